The molecule has 7 aromatic carbocycles. The minimum Gasteiger partial charge on any atom is -0.333 e. The largest absolute Gasteiger partial charge is 0.333 e. The fraction of sp³-hybridized carbons (Fsp3) is 0.0588. The van der Waals surface area contributed by atoms with Crippen molar-refractivity contribution in [2.45, 2.75) is 18.9 Å². The molecule has 0 amide bonds. The van der Waals surface area contributed by atoms with E-state index in [-0.39, 0.29) is 12.0 Å². The minimum absolute atomic E-state index is 0.157. The maximum Gasteiger partial charge on any atom is 0.0635 e. The van der Waals surface area contributed by atoms with E-state index >= 15 is 0 Å². The van der Waals surface area contributed by atoms with Gasteiger partial charge in [-0.3, -0.25) is 0 Å². The Bertz CT molecular complexity index is 2920. The third-order valence-corrected chi connectivity index (χ3v) is 11.8. The maximum absolute atomic E-state index is 4.14. The Labute approximate surface area is 309 Å². The van der Waals surface area contributed by atoms with Crippen molar-refractivity contribution in [3.8, 4) is 16.8 Å². The molecule has 2 heterocycles. The first-order valence-electron chi connectivity index (χ1n) is 18.5. The quantitative estimate of drug-likeness (QED) is 0.176. The van der Waals surface area contributed by atoms with E-state index in [4.69, 9.17) is 0 Å². The van der Waals surface area contributed by atoms with Crippen LogP contribution in [-0.2, 0) is 0 Å². The summed E-state index contributed by atoms with van der Waals surface area (Å²) in [6.07, 6.45) is 9.32. The Morgan fingerprint density at radius 2 is 1.34 bits per heavy atom. The number of allylic oxidation sites excluding steroid dienone is 5. The second-order valence-corrected chi connectivity index (χ2v) is 14.6. The van der Waals surface area contributed by atoms with Crippen LogP contribution in [0.5, 0.6) is 0 Å². The van der Waals surface area contributed by atoms with Crippen LogP contribution in [0.15, 0.2) is 183 Å². The van der Waals surface area contributed by atoms with Gasteiger partial charge in [-0.05, 0) is 135 Å². The molecule has 0 spiro atoms. The van der Waals surface area contributed by atoms with Crippen molar-refractivity contribution in [3.63, 3.8) is 0 Å². The van der Waals surface area contributed by atoms with E-state index in [1.54, 1.807) is 0 Å². The SMILES string of the molecule is C=CC1=C(C)c2cc(C3=CC4C(C=C3)c3cc(-c5ccc6c(c5)c5ccccc5n6-c5ccccc5)ccc3N4c3ccccc3)cc3cccc1c23. The Kier molecular flexibility index (Phi) is 6.48. The molecule has 2 unspecified atom stereocenters. The number of nitrogens with zero attached hydrogens (tertiary/aromatic N) is 2. The Morgan fingerprint density at radius 1 is 0.604 bits per heavy atom. The van der Waals surface area contributed by atoms with E-state index in [2.05, 4.69) is 193 Å². The molecule has 11 rings (SSSR count). The molecule has 1 aromatic heterocycles. The Morgan fingerprint density at radius 3 is 2.17 bits per heavy atom. The van der Waals surface area contributed by atoms with Gasteiger partial charge >= 0.3 is 0 Å². The Hall–Kier alpha value is -6.64. The molecule has 2 aliphatic carbocycles. The number of hydrogen-bond acceptors (Lipinski definition) is 1. The molecule has 2 heteroatoms. The number of rotatable bonds is 5. The molecule has 0 saturated carbocycles. The number of fused-ring (bicyclic) bond motifs is 6. The van der Waals surface area contributed by atoms with Gasteiger partial charge in [0, 0.05) is 33.8 Å². The summed E-state index contributed by atoms with van der Waals surface area (Å²) in [5.74, 6) is 0.230. The molecule has 0 bridgehead atoms. The first kappa shape index (κ1) is 30.0. The van der Waals surface area contributed by atoms with Gasteiger partial charge in [0.15, 0.2) is 0 Å². The van der Waals surface area contributed by atoms with Crippen LogP contribution in [0.25, 0.3) is 66.1 Å². The lowest BCUT2D eigenvalue weighted by Gasteiger charge is -2.30. The van der Waals surface area contributed by atoms with Crippen molar-refractivity contribution < 1.29 is 0 Å². The summed E-state index contributed by atoms with van der Waals surface area (Å²) >= 11 is 0. The van der Waals surface area contributed by atoms with E-state index in [9.17, 15) is 0 Å². The molecule has 0 N–H and O–H groups in total. The highest BCUT2D eigenvalue weighted by Gasteiger charge is 2.39. The van der Waals surface area contributed by atoms with Gasteiger partial charge in [0.25, 0.3) is 0 Å². The van der Waals surface area contributed by atoms with E-state index in [1.807, 2.05) is 6.08 Å². The zero-order valence-electron chi connectivity index (χ0n) is 29.5. The number of hydrogen-bond donors (Lipinski definition) is 0. The second-order valence-electron chi connectivity index (χ2n) is 14.6. The molecule has 0 saturated heterocycles. The summed E-state index contributed by atoms with van der Waals surface area (Å²) < 4.78 is 2.38. The van der Waals surface area contributed by atoms with E-state index in [1.165, 1.54) is 99.7 Å². The van der Waals surface area contributed by atoms with Crippen molar-refractivity contribution in [3.05, 3.63) is 205 Å². The number of aromatic nitrogens is 1. The highest BCUT2D eigenvalue weighted by Crippen LogP contribution is 2.51. The van der Waals surface area contributed by atoms with Crippen LogP contribution in [0.1, 0.15) is 35.1 Å². The van der Waals surface area contributed by atoms with Crippen molar-refractivity contribution >= 4 is 60.7 Å². The van der Waals surface area contributed by atoms with E-state index in [0.29, 0.717) is 0 Å². The summed E-state index contributed by atoms with van der Waals surface area (Å²) in [5, 5.41) is 5.17. The van der Waals surface area contributed by atoms with Crippen molar-refractivity contribution in [2.75, 3.05) is 4.90 Å². The van der Waals surface area contributed by atoms with Crippen molar-refractivity contribution in [1.29, 1.82) is 0 Å². The molecule has 8 aromatic rings. The number of anilines is 2. The first-order valence-corrected chi connectivity index (χ1v) is 18.5. The summed E-state index contributed by atoms with van der Waals surface area (Å²) in [6, 6.07) is 56.0. The predicted molar refractivity (Wildman–Crippen MR) is 225 cm³/mol. The molecule has 0 radical (unpaired) electrons. The van der Waals surface area contributed by atoms with Gasteiger partial charge in [-0.25, -0.2) is 0 Å². The molecule has 250 valence electrons. The van der Waals surface area contributed by atoms with Gasteiger partial charge in [0.05, 0.1) is 17.1 Å². The van der Waals surface area contributed by atoms with Crippen LogP contribution in [-0.4, -0.2) is 10.6 Å². The highest BCUT2D eigenvalue weighted by molar-refractivity contribution is 6.16. The van der Waals surface area contributed by atoms with Crippen LogP contribution >= 0.6 is 0 Å². The van der Waals surface area contributed by atoms with Crippen LogP contribution in [0.3, 0.4) is 0 Å². The zero-order valence-corrected chi connectivity index (χ0v) is 29.5. The maximum atomic E-state index is 4.14. The minimum atomic E-state index is 0.157. The van der Waals surface area contributed by atoms with Crippen LogP contribution in [0, 0.1) is 0 Å². The third kappa shape index (κ3) is 4.39. The molecular formula is C51H36N2. The topological polar surface area (TPSA) is 8.17 Å². The molecule has 2 atom stereocenters. The van der Waals surface area contributed by atoms with Gasteiger partial charge in [0.1, 0.15) is 0 Å². The fourth-order valence-electron chi connectivity index (χ4n) is 9.39. The Balaban J connectivity index is 1.03. The van der Waals surface area contributed by atoms with Crippen molar-refractivity contribution in [1.82, 2.24) is 4.57 Å². The lowest BCUT2D eigenvalue weighted by Crippen LogP contribution is -2.29. The lowest BCUT2D eigenvalue weighted by atomic mass is 9.85. The summed E-state index contributed by atoms with van der Waals surface area (Å²) in [4.78, 5) is 2.54. The molecule has 53 heavy (non-hydrogen) atoms. The van der Waals surface area contributed by atoms with Crippen molar-refractivity contribution in [2.24, 2.45) is 0 Å². The summed E-state index contributed by atoms with van der Waals surface area (Å²) in [7, 11) is 0. The van der Waals surface area contributed by atoms with Crippen LogP contribution in [0.2, 0.25) is 0 Å². The summed E-state index contributed by atoms with van der Waals surface area (Å²) in [5.41, 5.74) is 17.7. The van der Waals surface area contributed by atoms with Crippen LogP contribution in [0.4, 0.5) is 11.4 Å². The van der Waals surface area contributed by atoms with E-state index in [0.717, 1.165) is 0 Å². The molecule has 3 aliphatic rings. The normalized spacial score (nSPS) is 17.2. The summed E-state index contributed by atoms with van der Waals surface area (Å²) in [6.45, 7) is 6.38. The van der Waals surface area contributed by atoms with Gasteiger partial charge in [-0.2, -0.15) is 0 Å². The van der Waals surface area contributed by atoms with Crippen LogP contribution < -0.4 is 4.90 Å². The van der Waals surface area contributed by atoms with Gasteiger partial charge in [-0.1, -0.05) is 116 Å². The fourth-order valence-corrected chi connectivity index (χ4v) is 9.39. The average Bonchev–Trinajstić information content (AvgIpc) is 3.83. The smallest absolute Gasteiger partial charge is 0.0635 e. The monoisotopic (exact) mass is 676 g/mol. The highest BCUT2D eigenvalue weighted by atomic mass is 15.2. The van der Waals surface area contributed by atoms with Gasteiger partial charge in [0.2, 0.25) is 0 Å². The average molecular weight is 677 g/mol. The van der Waals surface area contributed by atoms with Gasteiger partial charge in [-0.15, -0.1) is 0 Å². The van der Waals surface area contributed by atoms with Gasteiger partial charge < -0.3 is 9.47 Å². The molecule has 1 aliphatic heterocycles. The molecule has 2 nitrogen and oxygen atoms in total. The molecular weight excluding hydrogens is 641 g/mol. The number of benzene rings is 7. The lowest BCUT2D eigenvalue weighted by molar-refractivity contribution is 0.747. The second kappa shape index (κ2) is 11.4. The standard InChI is InChI=1S/C51H36N2/c1-3-40-32(2)44-30-37(27-36-13-12-19-43(40)51(36)44)35-21-24-42-46-29-34(23-26-49(46)53(50(42)31-35)39-16-8-5-9-17-39)33-22-25-48-45(28-33)41-18-10-11-20-47(41)52(48)38-14-6-4-7-15-38/h3-31,42,50H,1H2,2H3. The molecule has 0 fully saturated rings. The first-order chi connectivity index (χ1) is 26.2. The predicted octanol–water partition coefficient (Wildman–Crippen LogP) is 13.3. The van der Waals surface area contributed by atoms with E-state index < -0.39 is 0 Å². The number of para-hydroxylation sites is 3. The third-order valence-electron chi connectivity index (χ3n) is 11.8. The zero-order chi connectivity index (χ0) is 35.2.